The molecule has 1 heterocycles. The van der Waals surface area contributed by atoms with Crippen LogP contribution in [0.1, 0.15) is 70.0 Å². The number of hydrogen-bond acceptors (Lipinski definition) is 2. The lowest BCUT2D eigenvalue weighted by Gasteiger charge is -2.37. The van der Waals surface area contributed by atoms with Crippen LogP contribution >= 0.6 is 0 Å². The van der Waals surface area contributed by atoms with E-state index in [0.29, 0.717) is 18.0 Å². The topological polar surface area (TPSA) is 29.3 Å². The fraction of sp³-hybridized carbons (Fsp3) is 0.667. The predicted molar refractivity (Wildman–Crippen MR) is 86.9 cm³/mol. The van der Waals surface area contributed by atoms with Gasteiger partial charge in [-0.25, -0.2) is 0 Å². The average molecular weight is 274 g/mol. The van der Waals surface area contributed by atoms with Crippen molar-refractivity contribution < 1.29 is 0 Å². The van der Waals surface area contributed by atoms with E-state index in [2.05, 4.69) is 56.9 Å². The zero-order chi connectivity index (χ0) is 14.7. The monoisotopic (exact) mass is 274 g/mol. The molecule has 112 valence electrons. The maximum absolute atomic E-state index is 6.50. The smallest absolute Gasteiger partial charge is 0.0501 e. The van der Waals surface area contributed by atoms with Crippen LogP contribution in [0.5, 0.6) is 0 Å². The van der Waals surface area contributed by atoms with Crippen LogP contribution in [-0.2, 0) is 0 Å². The molecule has 0 saturated carbocycles. The summed E-state index contributed by atoms with van der Waals surface area (Å²) in [6.07, 6.45) is 3.66. The molecule has 1 aromatic rings. The third-order valence-electron chi connectivity index (χ3n) is 4.57. The van der Waals surface area contributed by atoms with Crippen molar-refractivity contribution in [3.05, 3.63) is 35.4 Å². The molecule has 2 atom stereocenters. The fourth-order valence-electron chi connectivity index (χ4n) is 3.31. The molecule has 2 heteroatoms. The number of likely N-dealkylation sites (tertiary alicyclic amines) is 1. The number of nitrogens with zero attached hydrogens (tertiary/aromatic N) is 1. The Labute approximate surface area is 124 Å². The zero-order valence-corrected chi connectivity index (χ0v) is 13.5. The first-order chi connectivity index (χ1) is 9.50. The second-order valence-electron chi connectivity index (χ2n) is 6.76. The molecule has 0 bridgehead atoms. The molecule has 20 heavy (non-hydrogen) atoms. The molecule has 2 rings (SSSR count). The van der Waals surface area contributed by atoms with Crippen molar-refractivity contribution >= 4 is 0 Å². The molecule has 2 unspecified atom stereocenters. The Morgan fingerprint density at radius 2 is 1.70 bits per heavy atom. The van der Waals surface area contributed by atoms with Crippen molar-refractivity contribution in [2.24, 2.45) is 5.73 Å². The highest BCUT2D eigenvalue weighted by molar-refractivity contribution is 5.28. The highest BCUT2D eigenvalue weighted by atomic mass is 15.2. The van der Waals surface area contributed by atoms with Gasteiger partial charge < -0.3 is 5.73 Å². The Kier molecular flexibility index (Phi) is 5.22. The lowest BCUT2D eigenvalue weighted by atomic mass is 9.93. The Hall–Kier alpha value is -0.860. The number of rotatable bonds is 3. The van der Waals surface area contributed by atoms with Crippen molar-refractivity contribution in [2.45, 2.75) is 71.0 Å². The Bertz CT molecular complexity index is 408. The minimum Gasteiger partial charge on any atom is -0.326 e. The normalized spacial score (nSPS) is 25.1. The van der Waals surface area contributed by atoms with Gasteiger partial charge in [0.05, 0.1) is 6.04 Å². The van der Waals surface area contributed by atoms with E-state index < -0.39 is 0 Å². The number of hydrogen-bond donors (Lipinski definition) is 1. The van der Waals surface area contributed by atoms with E-state index in [0.717, 1.165) is 6.42 Å². The van der Waals surface area contributed by atoms with Gasteiger partial charge in [-0.3, -0.25) is 4.90 Å². The molecule has 1 saturated heterocycles. The summed E-state index contributed by atoms with van der Waals surface area (Å²) in [7, 11) is 0. The van der Waals surface area contributed by atoms with Crippen LogP contribution in [0.4, 0.5) is 0 Å². The summed E-state index contributed by atoms with van der Waals surface area (Å²) in [4.78, 5) is 2.59. The van der Waals surface area contributed by atoms with E-state index in [1.807, 2.05) is 0 Å². The average Bonchev–Trinajstić information content (AvgIpc) is 2.60. The van der Waals surface area contributed by atoms with E-state index in [9.17, 15) is 0 Å². The summed E-state index contributed by atoms with van der Waals surface area (Å²) < 4.78 is 0. The molecule has 0 spiro atoms. The van der Waals surface area contributed by atoms with Crippen LogP contribution in [-0.4, -0.2) is 23.5 Å². The second kappa shape index (κ2) is 6.73. The second-order valence-corrected chi connectivity index (χ2v) is 6.76. The van der Waals surface area contributed by atoms with Gasteiger partial charge in [0.25, 0.3) is 0 Å². The Morgan fingerprint density at radius 3 is 2.25 bits per heavy atom. The summed E-state index contributed by atoms with van der Waals surface area (Å²) in [5.41, 5.74) is 9.29. The molecule has 2 nitrogen and oxygen atoms in total. The van der Waals surface area contributed by atoms with Crippen molar-refractivity contribution in [1.82, 2.24) is 4.90 Å². The Morgan fingerprint density at radius 1 is 1.05 bits per heavy atom. The van der Waals surface area contributed by atoms with Gasteiger partial charge in [0.1, 0.15) is 0 Å². The SMILES string of the molecule is CC(C)c1ccc(C2C(N)CCCCN2C(C)C)cc1. The molecular weight excluding hydrogens is 244 g/mol. The van der Waals surface area contributed by atoms with Gasteiger partial charge in [-0.15, -0.1) is 0 Å². The van der Waals surface area contributed by atoms with E-state index in [1.54, 1.807) is 0 Å². The van der Waals surface area contributed by atoms with Crippen LogP contribution in [0.2, 0.25) is 0 Å². The summed E-state index contributed by atoms with van der Waals surface area (Å²) in [5, 5.41) is 0. The highest BCUT2D eigenvalue weighted by Gasteiger charge is 2.30. The van der Waals surface area contributed by atoms with Crippen molar-refractivity contribution in [3.8, 4) is 0 Å². The standard InChI is InChI=1S/C18H30N2/c1-13(2)15-8-10-16(11-9-15)18-17(19)7-5-6-12-20(18)14(3)4/h8-11,13-14,17-18H,5-7,12,19H2,1-4H3. The van der Waals surface area contributed by atoms with Crippen molar-refractivity contribution in [2.75, 3.05) is 6.54 Å². The van der Waals surface area contributed by atoms with E-state index in [1.165, 1.54) is 30.5 Å². The Balaban J connectivity index is 2.29. The zero-order valence-electron chi connectivity index (χ0n) is 13.5. The molecule has 1 aliphatic heterocycles. The molecule has 0 aromatic heterocycles. The summed E-state index contributed by atoms with van der Waals surface area (Å²) >= 11 is 0. The summed E-state index contributed by atoms with van der Waals surface area (Å²) in [5.74, 6) is 0.591. The molecule has 0 radical (unpaired) electrons. The summed E-state index contributed by atoms with van der Waals surface area (Å²) in [6, 6.07) is 10.3. The van der Waals surface area contributed by atoms with E-state index in [4.69, 9.17) is 5.73 Å². The number of benzene rings is 1. The molecule has 1 fully saturated rings. The van der Waals surface area contributed by atoms with Gasteiger partial charge >= 0.3 is 0 Å². The molecular formula is C18H30N2. The third-order valence-corrected chi connectivity index (χ3v) is 4.57. The first-order valence-electron chi connectivity index (χ1n) is 8.12. The first-order valence-corrected chi connectivity index (χ1v) is 8.12. The third kappa shape index (κ3) is 3.42. The van der Waals surface area contributed by atoms with Gasteiger partial charge in [0, 0.05) is 12.1 Å². The maximum atomic E-state index is 6.50. The quantitative estimate of drug-likeness (QED) is 0.900. The van der Waals surface area contributed by atoms with Crippen LogP contribution in [0.15, 0.2) is 24.3 Å². The molecule has 2 N–H and O–H groups in total. The first kappa shape index (κ1) is 15.5. The van der Waals surface area contributed by atoms with Crippen LogP contribution in [0.3, 0.4) is 0 Å². The predicted octanol–water partition coefficient (Wildman–Crippen LogP) is 4.07. The molecule has 1 aliphatic rings. The van der Waals surface area contributed by atoms with Gasteiger partial charge in [0.15, 0.2) is 0 Å². The largest absolute Gasteiger partial charge is 0.326 e. The van der Waals surface area contributed by atoms with Crippen LogP contribution < -0.4 is 5.73 Å². The van der Waals surface area contributed by atoms with Gasteiger partial charge in [0.2, 0.25) is 0 Å². The molecule has 0 amide bonds. The lowest BCUT2D eigenvalue weighted by Crippen LogP contribution is -2.43. The van der Waals surface area contributed by atoms with Gasteiger partial charge in [-0.2, -0.15) is 0 Å². The van der Waals surface area contributed by atoms with E-state index >= 15 is 0 Å². The minimum atomic E-state index is 0.254. The maximum Gasteiger partial charge on any atom is 0.0501 e. The van der Waals surface area contributed by atoms with Crippen molar-refractivity contribution in [3.63, 3.8) is 0 Å². The molecule has 1 aromatic carbocycles. The van der Waals surface area contributed by atoms with Crippen molar-refractivity contribution in [1.29, 1.82) is 0 Å². The lowest BCUT2D eigenvalue weighted by molar-refractivity contribution is 0.144. The fourth-order valence-corrected chi connectivity index (χ4v) is 3.31. The number of nitrogens with two attached hydrogens (primary N) is 1. The van der Waals surface area contributed by atoms with Gasteiger partial charge in [-0.05, 0) is 50.3 Å². The van der Waals surface area contributed by atoms with E-state index in [-0.39, 0.29) is 6.04 Å². The highest BCUT2D eigenvalue weighted by Crippen LogP contribution is 2.31. The van der Waals surface area contributed by atoms with Crippen LogP contribution in [0.25, 0.3) is 0 Å². The molecule has 0 aliphatic carbocycles. The van der Waals surface area contributed by atoms with Crippen LogP contribution in [0, 0.1) is 0 Å². The minimum absolute atomic E-state index is 0.254. The van der Waals surface area contributed by atoms with Gasteiger partial charge in [-0.1, -0.05) is 44.5 Å². The summed E-state index contributed by atoms with van der Waals surface area (Å²) in [6.45, 7) is 10.2.